The van der Waals surface area contributed by atoms with E-state index in [-0.39, 0.29) is 42.7 Å². The Kier molecular flexibility index (Phi) is 6.16. The minimum Gasteiger partial charge on any atom is -0.394 e. The van der Waals surface area contributed by atoms with Gasteiger partial charge in [0.05, 0.1) is 18.6 Å². The molecule has 0 saturated carbocycles. The van der Waals surface area contributed by atoms with Crippen LogP contribution in [0.5, 0.6) is 0 Å². The molecule has 23 heavy (non-hydrogen) atoms. The van der Waals surface area contributed by atoms with Gasteiger partial charge in [-0.2, -0.15) is 0 Å². The van der Waals surface area contributed by atoms with Crippen molar-refractivity contribution in [1.29, 1.82) is 0 Å². The second kappa shape index (κ2) is 8.11. The van der Waals surface area contributed by atoms with Gasteiger partial charge in [-0.25, -0.2) is 0 Å². The Morgan fingerprint density at radius 3 is 2.65 bits per heavy atom. The minimum atomic E-state index is -0.314. The summed E-state index contributed by atoms with van der Waals surface area (Å²) in [6.45, 7) is 4.93. The third-order valence-corrected chi connectivity index (χ3v) is 4.43. The number of aliphatic hydroxyl groups excluding tert-OH is 1. The molecule has 1 aromatic carbocycles. The smallest absolute Gasteiger partial charge is 0.225 e. The number of carbonyl (C=O) groups excluding carboxylic acids is 2. The third-order valence-electron chi connectivity index (χ3n) is 4.43. The van der Waals surface area contributed by atoms with Gasteiger partial charge in [0.15, 0.2) is 0 Å². The molecule has 1 saturated heterocycles. The molecule has 5 heteroatoms. The highest BCUT2D eigenvalue weighted by atomic mass is 16.3. The number of nitrogens with zero attached hydrogens (tertiary/aromatic N) is 1. The van der Waals surface area contributed by atoms with Gasteiger partial charge in [-0.15, -0.1) is 0 Å². The number of carbonyl (C=O) groups is 2. The summed E-state index contributed by atoms with van der Waals surface area (Å²) in [5.74, 6) is -0.249. The predicted octanol–water partition coefficient (Wildman–Crippen LogP) is 1.21. The number of amides is 2. The molecule has 2 amide bonds. The van der Waals surface area contributed by atoms with Gasteiger partial charge in [-0.1, -0.05) is 44.2 Å². The summed E-state index contributed by atoms with van der Waals surface area (Å²) < 4.78 is 0. The number of nitrogens with one attached hydrogen (secondary N) is 1. The normalized spacial score (nSPS) is 19.2. The second-order valence-electron chi connectivity index (χ2n) is 6.52. The molecular weight excluding hydrogens is 292 g/mol. The van der Waals surface area contributed by atoms with E-state index in [9.17, 15) is 14.7 Å². The van der Waals surface area contributed by atoms with Crippen molar-refractivity contribution in [3.63, 3.8) is 0 Å². The van der Waals surface area contributed by atoms with Crippen molar-refractivity contribution in [2.75, 3.05) is 19.7 Å². The number of rotatable bonds is 7. The standard InChI is InChI=1S/C18H26N2O3/c1-13(2)16(12-21)19-18(23)15-10-17(22)20(11-15)9-8-14-6-4-3-5-7-14/h3-7,13,15-16,21H,8-12H2,1-2H3,(H,19,23)/t15-,16+/m0/s1. The molecule has 1 fully saturated rings. The van der Waals surface area contributed by atoms with Gasteiger partial charge in [0.1, 0.15) is 0 Å². The Bertz CT molecular complexity index is 530. The highest BCUT2D eigenvalue weighted by Crippen LogP contribution is 2.19. The van der Waals surface area contributed by atoms with Crippen molar-refractivity contribution in [2.24, 2.45) is 11.8 Å². The summed E-state index contributed by atoms with van der Waals surface area (Å²) in [4.78, 5) is 26.1. The first-order chi connectivity index (χ1) is 11.0. The van der Waals surface area contributed by atoms with Crippen LogP contribution in [0.1, 0.15) is 25.8 Å². The van der Waals surface area contributed by atoms with Crippen LogP contribution in [-0.2, 0) is 16.0 Å². The zero-order valence-electron chi connectivity index (χ0n) is 13.9. The van der Waals surface area contributed by atoms with Crippen LogP contribution in [0, 0.1) is 11.8 Å². The molecule has 2 atom stereocenters. The van der Waals surface area contributed by atoms with Crippen molar-refractivity contribution in [2.45, 2.75) is 32.7 Å². The van der Waals surface area contributed by atoms with Crippen molar-refractivity contribution in [3.05, 3.63) is 35.9 Å². The third kappa shape index (κ3) is 4.79. The van der Waals surface area contributed by atoms with E-state index >= 15 is 0 Å². The predicted molar refractivity (Wildman–Crippen MR) is 88.7 cm³/mol. The molecule has 0 unspecified atom stereocenters. The van der Waals surface area contributed by atoms with Crippen LogP contribution in [-0.4, -0.2) is 47.6 Å². The Morgan fingerprint density at radius 2 is 2.04 bits per heavy atom. The first kappa shape index (κ1) is 17.5. The van der Waals surface area contributed by atoms with Gasteiger partial charge in [0.25, 0.3) is 0 Å². The molecule has 1 aromatic rings. The topological polar surface area (TPSA) is 69.6 Å². The Hall–Kier alpha value is -1.88. The van der Waals surface area contributed by atoms with Gasteiger partial charge in [-0.05, 0) is 17.9 Å². The summed E-state index contributed by atoms with van der Waals surface area (Å²) in [5, 5.41) is 12.2. The summed E-state index contributed by atoms with van der Waals surface area (Å²) >= 11 is 0. The molecule has 1 aliphatic rings. The van der Waals surface area contributed by atoms with Crippen molar-refractivity contribution in [3.8, 4) is 0 Å². The Morgan fingerprint density at radius 1 is 1.35 bits per heavy atom. The maximum absolute atomic E-state index is 12.3. The minimum absolute atomic E-state index is 0.0335. The Labute approximate surface area is 137 Å². The lowest BCUT2D eigenvalue weighted by atomic mass is 10.0. The number of hydrogen-bond donors (Lipinski definition) is 2. The van der Waals surface area contributed by atoms with Gasteiger partial charge in [0.2, 0.25) is 11.8 Å². The molecule has 0 aliphatic carbocycles. The molecule has 5 nitrogen and oxygen atoms in total. The molecule has 1 aliphatic heterocycles. The van der Waals surface area contributed by atoms with Crippen molar-refractivity contribution in [1.82, 2.24) is 10.2 Å². The van der Waals surface area contributed by atoms with Crippen LogP contribution >= 0.6 is 0 Å². The maximum atomic E-state index is 12.3. The fraction of sp³-hybridized carbons (Fsp3) is 0.556. The average Bonchev–Trinajstić information content (AvgIpc) is 2.92. The van der Waals surface area contributed by atoms with Gasteiger partial charge < -0.3 is 15.3 Å². The molecule has 0 spiro atoms. The zero-order valence-corrected chi connectivity index (χ0v) is 13.9. The molecular formula is C18H26N2O3. The van der Waals surface area contributed by atoms with E-state index in [0.29, 0.717) is 13.1 Å². The van der Waals surface area contributed by atoms with E-state index in [0.717, 1.165) is 6.42 Å². The molecule has 2 rings (SSSR count). The average molecular weight is 318 g/mol. The van der Waals surface area contributed by atoms with E-state index in [2.05, 4.69) is 5.32 Å². The lowest BCUT2D eigenvalue weighted by Crippen LogP contribution is -2.44. The second-order valence-corrected chi connectivity index (χ2v) is 6.52. The molecule has 126 valence electrons. The number of aliphatic hydroxyl groups is 1. The van der Waals surface area contributed by atoms with Gasteiger partial charge in [0, 0.05) is 19.5 Å². The first-order valence-corrected chi connectivity index (χ1v) is 8.24. The van der Waals surface area contributed by atoms with Crippen LogP contribution in [0.3, 0.4) is 0 Å². The first-order valence-electron chi connectivity index (χ1n) is 8.24. The quantitative estimate of drug-likeness (QED) is 0.794. The Balaban J connectivity index is 1.85. The summed E-state index contributed by atoms with van der Waals surface area (Å²) in [6, 6.07) is 9.77. The molecule has 0 aromatic heterocycles. The largest absolute Gasteiger partial charge is 0.394 e. The van der Waals surface area contributed by atoms with Crippen molar-refractivity contribution < 1.29 is 14.7 Å². The summed E-state index contributed by atoms with van der Waals surface area (Å²) in [5.41, 5.74) is 1.19. The van der Waals surface area contributed by atoms with Crippen LogP contribution in [0.25, 0.3) is 0 Å². The van der Waals surface area contributed by atoms with Crippen molar-refractivity contribution >= 4 is 11.8 Å². The van der Waals surface area contributed by atoms with Crippen LogP contribution in [0.2, 0.25) is 0 Å². The van der Waals surface area contributed by atoms with E-state index in [4.69, 9.17) is 0 Å². The number of likely N-dealkylation sites (tertiary alicyclic amines) is 1. The van der Waals surface area contributed by atoms with Gasteiger partial charge >= 0.3 is 0 Å². The van der Waals surface area contributed by atoms with E-state index in [1.165, 1.54) is 5.56 Å². The SMILES string of the molecule is CC(C)[C@@H](CO)NC(=O)[C@H]1CC(=O)N(CCc2ccccc2)C1. The maximum Gasteiger partial charge on any atom is 0.225 e. The fourth-order valence-electron chi connectivity index (χ4n) is 2.80. The van der Waals surface area contributed by atoms with Crippen LogP contribution < -0.4 is 5.32 Å². The number of hydrogen-bond acceptors (Lipinski definition) is 3. The van der Waals surface area contributed by atoms with Crippen LogP contribution in [0.15, 0.2) is 30.3 Å². The van der Waals surface area contributed by atoms with E-state index in [1.54, 1.807) is 4.90 Å². The summed E-state index contributed by atoms with van der Waals surface area (Å²) in [7, 11) is 0. The lowest BCUT2D eigenvalue weighted by molar-refractivity contribution is -0.129. The van der Waals surface area contributed by atoms with E-state index in [1.807, 2.05) is 44.2 Å². The monoisotopic (exact) mass is 318 g/mol. The molecule has 2 N–H and O–H groups in total. The van der Waals surface area contributed by atoms with E-state index < -0.39 is 0 Å². The highest BCUT2D eigenvalue weighted by molar-refractivity contribution is 5.89. The molecule has 0 radical (unpaired) electrons. The molecule has 1 heterocycles. The molecule has 0 bridgehead atoms. The van der Waals surface area contributed by atoms with Gasteiger partial charge in [-0.3, -0.25) is 9.59 Å². The van der Waals surface area contributed by atoms with Crippen LogP contribution in [0.4, 0.5) is 0 Å². The summed E-state index contributed by atoms with van der Waals surface area (Å²) in [6.07, 6.45) is 1.06. The fourth-order valence-corrected chi connectivity index (χ4v) is 2.80. The number of benzene rings is 1. The highest BCUT2D eigenvalue weighted by Gasteiger charge is 2.34. The zero-order chi connectivity index (χ0) is 16.8. The lowest BCUT2D eigenvalue weighted by Gasteiger charge is -2.22.